The fourth-order valence-electron chi connectivity index (χ4n) is 2.36. The number of primary sulfonamides is 1. The lowest BCUT2D eigenvalue weighted by Crippen LogP contribution is -2.37. The van der Waals surface area contributed by atoms with E-state index in [9.17, 15) is 8.42 Å². The maximum absolute atomic E-state index is 11.2. The summed E-state index contributed by atoms with van der Waals surface area (Å²) >= 11 is 0. The molecule has 6 N–H and O–H groups in total. The van der Waals surface area contributed by atoms with Gasteiger partial charge >= 0.3 is 0 Å². The number of aliphatic imine (C=N–C) groups is 1. The summed E-state index contributed by atoms with van der Waals surface area (Å²) in [5, 5.41) is 8.09. The van der Waals surface area contributed by atoms with Gasteiger partial charge in [0.05, 0.1) is 10.9 Å². The molecule has 0 saturated heterocycles. The van der Waals surface area contributed by atoms with Crippen molar-refractivity contribution in [2.24, 2.45) is 16.0 Å². The molecular formula is C13H21N5O2S. The van der Waals surface area contributed by atoms with E-state index in [0.29, 0.717) is 11.6 Å². The predicted molar refractivity (Wildman–Crippen MR) is 83.1 cm³/mol. The number of nitrogens with one attached hydrogen (secondary N) is 2. The number of nitrogens with two attached hydrogens (primary N) is 2. The Balaban J connectivity index is 2.06. The van der Waals surface area contributed by atoms with Gasteiger partial charge in [0.15, 0.2) is 0 Å². The number of benzene rings is 1. The van der Waals surface area contributed by atoms with E-state index in [-0.39, 0.29) is 10.9 Å². The van der Waals surface area contributed by atoms with Crippen molar-refractivity contribution in [2.45, 2.75) is 43.0 Å². The summed E-state index contributed by atoms with van der Waals surface area (Å²) < 4.78 is 22.4. The highest BCUT2D eigenvalue weighted by Gasteiger charge is 2.13. The Morgan fingerprint density at radius 1 is 1.14 bits per heavy atom. The quantitative estimate of drug-likeness (QED) is 0.286. The number of hydrazine groups is 1. The fourth-order valence-corrected chi connectivity index (χ4v) is 2.88. The van der Waals surface area contributed by atoms with Crippen LogP contribution in [0.2, 0.25) is 0 Å². The number of anilines is 1. The molecule has 0 amide bonds. The molecule has 1 aromatic carbocycles. The van der Waals surface area contributed by atoms with Crippen LogP contribution in [0.25, 0.3) is 0 Å². The highest BCUT2D eigenvalue weighted by molar-refractivity contribution is 7.89. The minimum Gasteiger partial charge on any atom is -0.325 e. The van der Waals surface area contributed by atoms with Crippen LogP contribution in [0.4, 0.5) is 5.69 Å². The highest BCUT2D eigenvalue weighted by atomic mass is 32.2. The molecule has 7 nitrogen and oxygen atoms in total. The second-order valence-corrected chi connectivity index (χ2v) is 6.67. The van der Waals surface area contributed by atoms with Gasteiger partial charge in [0.1, 0.15) is 0 Å². The Morgan fingerprint density at radius 3 is 2.29 bits per heavy atom. The molecule has 21 heavy (non-hydrogen) atoms. The fraction of sp³-hybridized carbons (Fsp3) is 0.462. The lowest BCUT2D eigenvalue weighted by molar-refractivity contribution is 0.442. The lowest BCUT2D eigenvalue weighted by Gasteiger charge is -2.19. The summed E-state index contributed by atoms with van der Waals surface area (Å²) in [6.07, 6.45) is 5.78. The van der Waals surface area contributed by atoms with Crippen LogP contribution < -0.4 is 21.7 Å². The molecule has 8 heteroatoms. The molecule has 0 unspecified atom stereocenters. The van der Waals surface area contributed by atoms with Gasteiger partial charge in [0.25, 0.3) is 0 Å². The second kappa shape index (κ2) is 6.88. The van der Waals surface area contributed by atoms with Crippen LogP contribution in [0.5, 0.6) is 0 Å². The first-order valence-electron chi connectivity index (χ1n) is 6.93. The molecule has 0 radical (unpaired) electrons. The first-order valence-corrected chi connectivity index (χ1v) is 8.48. The van der Waals surface area contributed by atoms with Gasteiger partial charge in [-0.3, -0.25) is 5.43 Å². The molecule has 1 aliphatic carbocycles. The van der Waals surface area contributed by atoms with E-state index in [1.54, 1.807) is 12.1 Å². The Kier molecular flexibility index (Phi) is 5.16. The zero-order valence-electron chi connectivity index (χ0n) is 11.7. The van der Waals surface area contributed by atoms with Gasteiger partial charge in [-0.15, -0.1) is 0 Å². The molecule has 0 atom stereocenters. The van der Waals surface area contributed by atoms with Gasteiger partial charge in [0.2, 0.25) is 16.0 Å². The summed E-state index contributed by atoms with van der Waals surface area (Å²) in [6, 6.07) is 6.39. The maximum Gasteiger partial charge on any atom is 0.238 e. The average Bonchev–Trinajstić information content (AvgIpc) is 2.47. The smallest absolute Gasteiger partial charge is 0.238 e. The van der Waals surface area contributed by atoms with E-state index in [1.165, 1.54) is 31.4 Å². The van der Waals surface area contributed by atoms with E-state index in [1.807, 2.05) is 0 Å². The summed E-state index contributed by atoms with van der Waals surface area (Å²) in [6.45, 7) is 0. The van der Waals surface area contributed by atoms with Gasteiger partial charge in [-0.2, -0.15) is 0 Å². The molecule has 1 aromatic rings. The third kappa shape index (κ3) is 4.69. The van der Waals surface area contributed by atoms with E-state index in [4.69, 9.17) is 11.0 Å². The van der Waals surface area contributed by atoms with Crippen LogP contribution in [0.1, 0.15) is 32.1 Å². The van der Waals surface area contributed by atoms with E-state index >= 15 is 0 Å². The molecular weight excluding hydrogens is 290 g/mol. The van der Waals surface area contributed by atoms with E-state index in [0.717, 1.165) is 12.8 Å². The zero-order valence-corrected chi connectivity index (χ0v) is 12.6. The topological polar surface area (TPSA) is 123 Å². The molecule has 2 rings (SSSR count). The minimum atomic E-state index is -3.67. The summed E-state index contributed by atoms with van der Waals surface area (Å²) in [4.78, 5) is 4.62. The Hall–Kier alpha value is -1.64. The number of nitrogens with zero attached hydrogens (tertiary/aromatic N) is 1. The molecule has 1 fully saturated rings. The summed E-state index contributed by atoms with van der Waals surface area (Å²) in [5.74, 6) is 5.95. The standard InChI is InChI=1S/C13H21N5O2S/c14-18-13(16-10-4-2-1-3-5-10)17-11-6-8-12(9-7-11)21(15,19)20/h6-10H,1-5,14H2,(H2,15,19,20)(H2,16,17,18). The van der Waals surface area contributed by atoms with Crippen molar-refractivity contribution in [3.8, 4) is 0 Å². The Labute approximate surface area is 124 Å². The van der Waals surface area contributed by atoms with Gasteiger partial charge in [-0.25, -0.2) is 24.4 Å². The highest BCUT2D eigenvalue weighted by Crippen LogP contribution is 2.20. The van der Waals surface area contributed by atoms with Crippen molar-refractivity contribution >= 4 is 21.7 Å². The average molecular weight is 311 g/mol. The first kappa shape index (κ1) is 15.7. The van der Waals surface area contributed by atoms with E-state index in [2.05, 4.69) is 15.7 Å². The SMILES string of the molecule is NNC(=NC1CCCCC1)Nc1ccc(S(N)(=O)=O)cc1. The van der Waals surface area contributed by atoms with Crippen LogP contribution in [0, 0.1) is 0 Å². The van der Waals surface area contributed by atoms with Crippen molar-refractivity contribution in [3.63, 3.8) is 0 Å². The third-order valence-electron chi connectivity index (χ3n) is 3.47. The number of sulfonamides is 1. The van der Waals surface area contributed by atoms with Crippen LogP contribution in [-0.2, 0) is 10.0 Å². The van der Waals surface area contributed by atoms with Crippen LogP contribution >= 0.6 is 0 Å². The first-order chi connectivity index (χ1) is 9.99. The normalized spacial score (nSPS) is 17.5. The van der Waals surface area contributed by atoms with Crippen molar-refractivity contribution < 1.29 is 8.42 Å². The second-order valence-electron chi connectivity index (χ2n) is 5.11. The molecule has 0 aromatic heterocycles. The number of guanidine groups is 1. The summed E-state index contributed by atoms with van der Waals surface area (Å²) in [7, 11) is -3.67. The lowest BCUT2D eigenvalue weighted by atomic mass is 9.96. The molecule has 0 bridgehead atoms. The van der Waals surface area contributed by atoms with Gasteiger partial charge in [-0.05, 0) is 37.1 Å². The van der Waals surface area contributed by atoms with Gasteiger partial charge in [-0.1, -0.05) is 19.3 Å². The van der Waals surface area contributed by atoms with Crippen LogP contribution in [0.3, 0.4) is 0 Å². The third-order valence-corrected chi connectivity index (χ3v) is 4.40. The van der Waals surface area contributed by atoms with Crippen molar-refractivity contribution in [1.29, 1.82) is 0 Å². The number of rotatable bonds is 3. The van der Waals surface area contributed by atoms with Crippen molar-refractivity contribution in [3.05, 3.63) is 24.3 Å². The van der Waals surface area contributed by atoms with Crippen LogP contribution in [-0.4, -0.2) is 20.4 Å². The van der Waals surface area contributed by atoms with Gasteiger partial charge < -0.3 is 5.32 Å². The summed E-state index contributed by atoms with van der Waals surface area (Å²) in [5.41, 5.74) is 3.23. The molecule has 0 spiro atoms. The molecule has 0 heterocycles. The molecule has 116 valence electrons. The van der Waals surface area contributed by atoms with Crippen LogP contribution in [0.15, 0.2) is 34.2 Å². The van der Waals surface area contributed by atoms with E-state index < -0.39 is 10.0 Å². The predicted octanol–water partition coefficient (Wildman–Crippen LogP) is 0.898. The number of hydrogen-bond acceptors (Lipinski definition) is 4. The molecule has 1 aliphatic rings. The van der Waals surface area contributed by atoms with Gasteiger partial charge in [0, 0.05) is 5.69 Å². The monoisotopic (exact) mass is 311 g/mol. The zero-order chi connectivity index (χ0) is 15.3. The molecule has 0 aliphatic heterocycles. The van der Waals surface area contributed by atoms with Crippen molar-refractivity contribution in [1.82, 2.24) is 5.43 Å². The Morgan fingerprint density at radius 2 is 1.76 bits per heavy atom. The molecule has 1 saturated carbocycles. The minimum absolute atomic E-state index is 0.0690. The number of hydrogen-bond donors (Lipinski definition) is 4. The van der Waals surface area contributed by atoms with Crippen molar-refractivity contribution in [2.75, 3.05) is 5.32 Å². The Bertz CT molecular complexity index is 591. The maximum atomic E-state index is 11.2. The largest absolute Gasteiger partial charge is 0.325 e.